The van der Waals surface area contributed by atoms with E-state index in [4.69, 9.17) is 4.74 Å². The van der Waals surface area contributed by atoms with Crippen LogP contribution >= 0.6 is 0 Å². The van der Waals surface area contributed by atoms with Crippen molar-refractivity contribution in [3.8, 4) is 16.9 Å². The highest BCUT2D eigenvalue weighted by atomic mass is 16.5. The Bertz CT molecular complexity index is 795. The van der Waals surface area contributed by atoms with Crippen LogP contribution in [0.2, 0.25) is 0 Å². The maximum Gasteiger partial charge on any atom is 0.115 e. The maximum absolute atomic E-state index is 9.57. The van der Waals surface area contributed by atoms with E-state index in [0.29, 0.717) is 17.7 Å². The molecule has 0 amide bonds. The van der Waals surface area contributed by atoms with Crippen LogP contribution in [0.25, 0.3) is 11.1 Å². The van der Waals surface area contributed by atoms with E-state index >= 15 is 0 Å². The first kappa shape index (κ1) is 17.1. The van der Waals surface area contributed by atoms with Crippen molar-refractivity contribution in [3.63, 3.8) is 0 Å². The second-order valence-corrected chi connectivity index (χ2v) is 8.51. The summed E-state index contributed by atoms with van der Waals surface area (Å²) < 4.78 is 6.36. The zero-order valence-electron chi connectivity index (χ0n) is 15.9. The lowest BCUT2D eigenvalue weighted by Gasteiger charge is -2.47. The zero-order valence-corrected chi connectivity index (χ0v) is 15.9. The fourth-order valence-electron chi connectivity index (χ4n) is 5.50. The molecule has 5 rings (SSSR count). The molecule has 2 aromatic rings. The summed E-state index contributed by atoms with van der Waals surface area (Å²) in [6, 6.07) is 14.8. The molecule has 142 valence electrons. The quantitative estimate of drug-likeness (QED) is 0.698. The molecule has 0 radical (unpaired) electrons. The number of hydrogen-bond donors (Lipinski definition) is 2. The van der Waals surface area contributed by atoms with Crippen molar-refractivity contribution >= 4 is 5.69 Å². The molecule has 0 bridgehead atoms. The van der Waals surface area contributed by atoms with Crippen molar-refractivity contribution in [1.29, 1.82) is 0 Å². The van der Waals surface area contributed by atoms with Crippen molar-refractivity contribution in [2.75, 3.05) is 11.9 Å². The summed E-state index contributed by atoms with van der Waals surface area (Å²) >= 11 is 0. The summed E-state index contributed by atoms with van der Waals surface area (Å²) in [5, 5.41) is 13.5. The third-order valence-electron chi connectivity index (χ3n) is 6.87. The molecule has 3 atom stereocenters. The van der Waals surface area contributed by atoms with E-state index in [9.17, 15) is 5.11 Å². The Kier molecular flexibility index (Phi) is 4.56. The summed E-state index contributed by atoms with van der Waals surface area (Å²) in [7, 11) is 0. The Morgan fingerprint density at radius 3 is 2.44 bits per heavy atom. The van der Waals surface area contributed by atoms with E-state index in [-0.39, 0.29) is 6.10 Å². The van der Waals surface area contributed by atoms with Crippen LogP contribution in [0.4, 0.5) is 5.69 Å². The number of rotatable bonds is 2. The standard InChI is InChI=1S/C24H29NO2/c26-19-11-8-16(9-12-19)18-10-13-22-21(15-18)24-20(7-4-14-27-24)23(25-22)17-5-2-1-3-6-17/h8-13,15,17,20,23-26H,1-7,14H2/t20-,23+,24-/m0/s1. The molecule has 27 heavy (non-hydrogen) atoms. The van der Waals surface area contributed by atoms with Crippen LogP contribution < -0.4 is 5.32 Å². The van der Waals surface area contributed by atoms with Crippen LogP contribution in [0.1, 0.15) is 56.6 Å². The van der Waals surface area contributed by atoms with Crippen molar-refractivity contribution in [3.05, 3.63) is 48.0 Å². The van der Waals surface area contributed by atoms with Crippen molar-refractivity contribution in [1.82, 2.24) is 0 Å². The number of benzene rings is 2. The van der Waals surface area contributed by atoms with Gasteiger partial charge in [-0.2, -0.15) is 0 Å². The Balaban J connectivity index is 1.50. The number of aromatic hydroxyl groups is 1. The fourth-order valence-corrected chi connectivity index (χ4v) is 5.50. The number of hydrogen-bond acceptors (Lipinski definition) is 3. The van der Waals surface area contributed by atoms with E-state index in [1.807, 2.05) is 12.1 Å². The van der Waals surface area contributed by atoms with Gasteiger partial charge in [-0.05, 0) is 67.0 Å². The van der Waals surface area contributed by atoms with Crippen LogP contribution in [-0.2, 0) is 4.74 Å². The molecule has 3 nitrogen and oxygen atoms in total. The van der Waals surface area contributed by atoms with Crippen molar-refractivity contribution in [2.24, 2.45) is 11.8 Å². The molecule has 2 aliphatic heterocycles. The maximum atomic E-state index is 9.57. The van der Waals surface area contributed by atoms with Gasteiger partial charge in [-0.25, -0.2) is 0 Å². The first-order chi connectivity index (χ1) is 13.3. The topological polar surface area (TPSA) is 41.5 Å². The Morgan fingerprint density at radius 2 is 1.63 bits per heavy atom. The zero-order chi connectivity index (χ0) is 18.2. The highest BCUT2D eigenvalue weighted by Gasteiger charge is 2.42. The van der Waals surface area contributed by atoms with Gasteiger partial charge in [-0.3, -0.25) is 0 Å². The monoisotopic (exact) mass is 363 g/mol. The van der Waals surface area contributed by atoms with Crippen LogP contribution in [0.5, 0.6) is 5.75 Å². The highest BCUT2D eigenvalue weighted by Crippen LogP contribution is 2.48. The Morgan fingerprint density at radius 1 is 0.852 bits per heavy atom. The molecule has 3 heteroatoms. The Hall–Kier alpha value is -2.00. The molecule has 2 heterocycles. The minimum atomic E-state index is 0.221. The molecule has 0 unspecified atom stereocenters. The van der Waals surface area contributed by atoms with Crippen molar-refractivity contribution in [2.45, 2.75) is 57.1 Å². The first-order valence-electron chi connectivity index (χ1n) is 10.6. The number of fused-ring (bicyclic) bond motifs is 3. The lowest BCUT2D eigenvalue weighted by atomic mass is 9.71. The van der Waals surface area contributed by atoms with Crippen LogP contribution in [0.3, 0.4) is 0 Å². The molecule has 2 fully saturated rings. The molecule has 1 saturated carbocycles. The van der Waals surface area contributed by atoms with Gasteiger partial charge in [0.05, 0.1) is 6.10 Å². The number of nitrogens with one attached hydrogen (secondary N) is 1. The van der Waals surface area contributed by atoms with E-state index in [2.05, 4.69) is 23.5 Å². The van der Waals surface area contributed by atoms with Crippen LogP contribution in [0.15, 0.2) is 42.5 Å². The molecule has 2 aromatic carbocycles. The summed E-state index contributed by atoms with van der Waals surface area (Å²) in [6.45, 7) is 0.876. The minimum Gasteiger partial charge on any atom is -0.508 e. The lowest BCUT2D eigenvalue weighted by Crippen LogP contribution is -2.46. The third kappa shape index (κ3) is 3.23. The average Bonchev–Trinajstić information content (AvgIpc) is 2.74. The van der Waals surface area contributed by atoms with E-state index < -0.39 is 0 Å². The Labute approximate surface area is 161 Å². The minimum absolute atomic E-state index is 0.221. The largest absolute Gasteiger partial charge is 0.508 e. The molecule has 2 N–H and O–H groups in total. The molecule has 0 aromatic heterocycles. The third-order valence-corrected chi connectivity index (χ3v) is 6.87. The lowest BCUT2D eigenvalue weighted by molar-refractivity contribution is -0.0457. The summed E-state index contributed by atoms with van der Waals surface area (Å²) in [5.41, 5.74) is 4.91. The molecule has 3 aliphatic rings. The van der Waals surface area contributed by atoms with Gasteiger partial charge in [0.1, 0.15) is 5.75 Å². The molecule has 1 saturated heterocycles. The normalized spacial score (nSPS) is 28.1. The van der Waals surface area contributed by atoms with Gasteiger partial charge < -0.3 is 15.2 Å². The van der Waals surface area contributed by atoms with Gasteiger partial charge >= 0.3 is 0 Å². The number of ether oxygens (including phenoxy) is 1. The summed E-state index contributed by atoms with van der Waals surface area (Å²) in [5.74, 6) is 1.69. The van der Waals surface area contributed by atoms with Gasteiger partial charge in [0.2, 0.25) is 0 Å². The predicted molar refractivity (Wildman–Crippen MR) is 109 cm³/mol. The second kappa shape index (κ2) is 7.20. The average molecular weight is 364 g/mol. The van der Waals surface area contributed by atoms with Gasteiger partial charge in [0.15, 0.2) is 0 Å². The summed E-state index contributed by atoms with van der Waals surface area (Å²) in [4.78, 5) is 0. The predicted octanol–water partition coefficient (Wildman–Crippen LogP) is 5.90. The number of anilines is 1. The van der Waals surface area contributed by atoms with Crippen LogP contribution in [0, 0.1) is 11.8 Å². The molecule has 0 spiro atoms. The van der Waals surface area contributed by atoms with Gasteiger partial charge in [0.25, 0.3) is 0 Å². The SMILES string of the molecule is Oc1ccc(-c2ccc3c(c2)[C@H]2OCCC[C@H]2[C@@H](C2CCCCC2)N3)cc1. The van der Waals surface area contributed by atoms with Gasteiger partial charge in [-0.1, -0.05) is 37.5 Å². The second-order valence-electron chi connectivity index (χ2n) is 8.51. The number of phenolic OH excluding ortho intramolecular Hbond substituents is 1. The smallest absolute Gasteiger partial charge is 0.115 e. The van der Waals surface area contributed by atoms with E-state index in [1.165, 1.54) is 61.8 Å². The first-order valence-corrected chi connectivity index (χ1v) is 10.6. The molecular weight excluding hydrogens is 334 g/mol. The van der Waals surface area contributed by atoms with Gasteiger partial charge in [0, 0.05) is 29.8 Å². The van der Waals surface area contributed by atoms with Crippen molar-refractivity contribution < 1.29 is 9.84 Å². The fraction of sp³-hybridized carbons (Fsp3) is 0.500. The van der Waals surface area contributed by atoms with Gasteiger partial charge in [-0.15, -0.1) is 0 Å². The molecule has 1 aliphatic carbocycles. The van der Waals surface area contributed by atoms with E-state index in [0.717, 1.165) is 18.1 Å². The van der Waals surface area contributed by atoms with Crippen LogP contribution in [-0.4, -0.2) is 17.8 Å². The molecular formula is C24H29NO2. The highest BCUT2D eigenvalue weighted by molar-refractivity contribution is 5.70. The summed E-state index contributed by atoms with van der Waals surface area (Å²) in [6.07, 6.45) is 9.56. The van der Waals surface area contributed by atoms with E-state index in [1.54, 1.807) is 12.1 Å². The number of phenols is 1.